The zero-order valence-electron chi connectivity index (χ0n) is 12.2. The molecule has 2 aromatic rings. The molecule has 1 aliphatic rings. The highest BCUT2D eigenvalue weighted by Gasteiger charge is 2.21. The van der Waals surface area contributed by atoms with Gasteiger partial charge in [0.2, 0.25) is 11.8 Å². The molecule has 116 valence electrons. The molecule has 2 heterocycles. The van der Waals surface area contributed by atoms with Crippen molar-refractivity contribution < 1.29 is 9.90 Å². The van der Waals surface area contributed by atoms with Gasteiger partial charge < -0.3 is 15.7 Å². The van der Waals surface area contributed by atoms with Crippen LogP contribution in [0.2, 0.25) is 0 Å². The van der Waals surface area contributed by atoms with E-state index in [1.807, 2.05) is 30.3 Å². The number of pyridine rings is 1. The number of nitrogens with zero attached hydrogens (tertiary/aromatic N) is 2. The van der Waals surface area contributed by atoms with Gasteiger partial charge in [-0.25, -0.2) is 9.98 Å². The number of hydrogen-bond donors (Lipinski definition) is 4. The number of anilines is 2. The zero-order valence-corrected chi connectivity index (χ0v) is 12.2. The van der Waals surface area contributed by atoms with Crippen molar-refractivity contribution in [1.82, 2.24) is 10.3 Å². The van der Waals surface area contributed by atoms with Crippen LogP contribution in [-0.2, 0) is 4.79 Å². The van der Waals surface area contributed by atoms with Crippen LogP contribution in [-0.4, -0.2) is 28.5 Å². The smallest absolute Gasteiger partial charge is 0.260 e. The maximum atomic E-state index is 12.1. The van der Waals surface area contributed by atoms with Gasteiger partial charge in [-0.2, -0.15) is 0 Å². The van der Waals surface area contributed by atoms with Crippen molar-refractivity contribution in [2.24, 2.45) is 4.99 Å². The molecule has 1 amide bonds. The fourth-order valence-electron chi connectivity index (χ4n) is 2.00. The summed E-state index contributed by atoms with van der Waals surface area (Å²) < 4.78 is 0. The second-order valence-electron chi connectivity index (χ2n) is 4.78. The van der Waals surface area contributed by atoms with E-state index in [1.165, 1.54) is 0 Å². The summed E-state index contributed by atoms with van der Waals surface area (Å²) >= 11 is 0. The van der Waals surface area contributed by atoms with E-state index in [0.29, 0.717) is 11.8 Å². The number of carbonyl (C=O) groups is 1. The summed E-state index contributed by atoms with van der Waals surface area (Å²) in [4.78, 5) is 20.4. The van der Waals surface area contributed by atoms with Gasteiger partial charge in [-0.15, -0.1) is 0 Å². The van der Waals surface area contributed by atoms with E-state index in [2.05, 4.69) is 25.9 Å². The van der Waals surface area contributed by atoms with Crippen molar-refractivity contribution in [2.45, 2.75) is 0 Å². The first-order valence-corrected chi connectivity index (χ1v) is 7.00. The first kappa shape index (κ1) is 14.6. The van der Waals surface area contributed by atoms with Crippen molar-refractivity contribution in [1.29, 1.82) is 0 Å². The van der Waals surface area contributed by atoms with Gasteiger partial charge in [-0.3, -0.25) is 10.1 Å². The van der Waals surface area contributed by atoms with Gasteiger partial charge in [-0.1, -0.05) is 24.3 Å². The third kappa shape index (κ3) is 3.65. The Morgan fingerprint density at radius 3 is 2.61 bits per heavy atom. The van der Waals surface area contributed by atoms with Crippen molar-refractivity contribution in [2.75, 3.05) is 17.2 Å². The summed E-state index contributed by atoms with van der Waals surface area (Å²) in [6, 6.07) is 14.6. The molecule has 0 saturated heterocycles. The summed E-state index contributed by atoms with van der Waals surface area (Å²) in [6.45, 7) is 0.0622. The molecule has 0 fully saturated rings. The molecule has 0 unspecified atom stereocenters. The molecule has 1 aliphatic heterocycles. The highest BCUT2D eigenvalue weighted by molar-refractivity contribution is 6.06. The van der Waals surface area contributed by atoms with Crippen LogP contribution in [0.15, 0.2) is 71.2 Å². The molecule has 0 saturated carbocycles. The molecule has 0 spiro atoms. The van der Waals surface area contributed by atoms with Crippen LogP contribution in [0.5, 0.6) is 0 Å². The van der Waals surface area contributed by atoms with Gasteiger partial charge in [0.25, 0.3) is 5.91 Å². The number of aliphatic imine (C=N–C) groups is 1. The lowest BCUT2D eigenvalue weighted by atomic mass is 10.2. The van der Waals surface area contributed by atoms with Gasteiger partial charge in [0.15, 0.2) is 0 Å². The molecule has 0 atom stereocenters. The third-order valence-electron chi connectivity index (χ3n) is 3.14. The number of aromatic nitrogens is 1. The average Bonchev–Trinajstić information content (AvgIpc) is 2.57. The quantitative estimate of drug-likeness (QED) is 0.693. The molecule has 3 rings (SSSR count). The van der Waals surface area contributed by atoms with Crippen molar-refractivity contribution >= 4 is 23.4 Å². The summed E-state index contributed by atoms with van der Waals surface area (Å²) in [6.07, 6.45) is 1.57. The number of guanidine groups is 1. The summed E-state index contributed by atoms with van der Waals surface area (Å²) in [5, 5.41) is 18.3. The SMILES string of the molecule is O=C(Nc1ccccn1)C1=C(O)NC(Nc2ccccc2)=NC1. The number of amides is 1. The van der Waals surface area contributed by atoms with Crippen LogP contribution < -0.4 is 16.0 Å². The second kappa shape index (κ2) is 6.61. The number of aliphatic hydroxyl groups is 1. The number of hydrogen-bond acceptors (Lipinski definition) is 6. The van der Waals surface area contributed by atoms with E-state index in [-0.39, 0.29) is 18.0 Å². The fourth-order valence-corrected chi connectivity index (χ4v) is 2.00. The second-order valence-corrected chi connectivity index (χ2v) is 4.78. The third-order valence-corrected chi connectivity index (χ3v) is 3.14. The van der Waals surface area contributed by atoms with E-state index in [0.717, 1.165) is 5.69 Å². The van der Waals surface area contributed by atoms with Gasteiger partial charge in [0, 0.05) is 11.9 Å². The Bertz CT molecular complexity index is 757. The van der Waals surface area contributed by atoms with Crippen molar-refractivity contribution in [3.63, 3.8) is 0 Å². The molecular weight excluding hydrogens is 294 g/mol. The van der Waals surface area contributed by atoms with E-state index in [1.54, 1.807) is 24.4 Å². The number of carbonyl (C=O) groups excluding carboxylic acids is 1. The Kier molecular flexibility index (Phi) is 4.19. The molecule has 1 aromatic carbocycles. The predicted molar refractivity (Wildman–Crippen MR) is 88.0 cm³/mol. The normalized spacial score (nSPS) is 13.8. The van der Waals surface area contributed by atoms with Gasteiger partial charge in [-0.05, 0) is 24.3 Å². The lowest BCUT2D eigenvalue weighted by Gasteiger charge is -2.18. The molecule has 1 aromatic heterocycles. The van der Waals surface area contributed by atoms with E-state index in [9.17, 15) is 9.90 Å². The van der Waals surface area contributed by atoms with Crippen LogP contribution in [0, 0.1) is 0 Å². The fraction of sp³-hybridized carbons (Fsp3) is 0.0625. The monoisotopic (exact) mass is 309 g/mol. The average molecular weight is 309 g/mol. The van der Waals surface area contributed by atoms with Gasteiger partial charge in [0.05, 0.1) is 12.1 Å². The predicted octanol–water partition coefficient (Wildman–Crippen LogP) is 1.86. The van der Waals surface area contributed by atoms with E-state index < -0.39 is 5.91 Å². The van der Waals surface area contributed by atoms with Crippen LogP contribution in [0.1, 0.15) is 0 Å². The Morgan fingerprint density at radius 1 is 1.13 bits per heavy atom. The highest BCUT2D eigenvalue weighted by Crippen LogP contribution is 2.11. The Hall–Kier alpha value is -3.35. The number of benzene rings is 1. The van der Waals surface area contributed by atoms with E-state index >= 15 is 0 Å². The van der Waals surface area contributed by atoms with Gasteiger partial charge in [0.1, 0.15) is 5.82 Å². The molecule has 0 bridgehead atoms. The first-order valence-electron chi connectivity index (χ1n) is 7.00. The number of aliphatic hydroxyl groups excluding tert-OH is 1. The van der Waals surface area contributed by atoms with Crippen LogP contribution in [0.3, 0.4) is 0 Å². The van der Waals surface area contributed by atoms with Crippen molar-refractivity contribution in [3.05, 3.63) is 66.2 Å². The maximum Gasteiger partial charge on any atom is 0.260 e. The molecular formula is C16H15N5O2. The molecule has 7 nitrogen and oxygen atoms in total. The molecule has 0 radical (unpaired) electrons. The molecule has 4 N–H and O–H groups in total. The summed E-state index contributed by atoms with van der Waals surface area (Å²) in [7, 11) is 0. The Labute approximate surface area is 132 Å². The maximum absolute atomic E-state index is 12.1. The standard InChI is InChI=1S/C16H15N5O2/c22-14(20-13-8-4-5-9-17-13)12-10-18-16(21-15(12)23)19-11-6-2-1-3-7-11/h1-9,23H,10H2,(H,17,20,22)(H2,18,19,21). The molecule has 7 heteroatoms. The Morgan fingerprint density at radius 2 is 1.91 bits per heavy atom. The summed E-state index contributed by atoms with van der Waals surface area (Å²) in [5.74, 6) is 0.112. The zero-order chi connectivity index (χ0) is 16.1. The lowest BCUT2D eigenvalue weighted by molar-refractivity contribution is -0.113. The minimum atomic E-state index is -0.448. The van der Waals surface area contributed by atoms with Crippen LogP contribution >= 0.6 is 0 Å². The molecule has 23 heavy (non-hydrogen) atoms. The number of rotatable bonds is 3. The number of para-hydroxylation sites is 1. The first-order chi connectivity index (χ1) is 11.2. The highest BCUT2D eigenvalue weighted by atomic mass is 16.3. The van der Waals surface area contributed by atoms with Crippen molar-refractivity contribution in [3.8, 4) is 0 Å². The van der Waals surface area contributed by atoms with Gasteiger partial charge >= 0.3 is 0 Å². The largest absolute Gasteiger partial charge is 0.494 e. The Balaban J connectivity index is 1.64. The topological polar surface area (TPSA) is 98.6 Å². The van der Waals surface area contributed by atoms with E-state index in [4.69, 9.17) is 0 Å². The number of nitrogens with one attached hydrogen (secondary N) is 3. The minimum absolute atomic E-state index is 0.0622. The summed E-state index contributed by atoms with van der Waals surface area (Å²) in [5.41, 5.74) is 0.974. The van der Waals surface area contributed by atoms with Crippen LogP contribution in [0.25, 0.3) is 0 Å². The van der Waals surface area contributed by atoms with Crippen LogP contribution in [0.4, 0.5) is 11.5 Å². The minimum Gasteiger partial charge on any atom is -0.494 e. The lowest BCUT2D eigenvalue weighted by Crippen LogP contribution is -2.37. The molecule has 0 aliphatic carbocycles.